The fourth-order valence-electron chi connectivity index (χ4n) is 2.53. The first-order valence-corrected chi connectivity index (χ1v) is 9.95. The third-order valence-corrected chi connectivity index (χ3v) is 4.50. The molecule has 134 valence electrons. The minimum atomic E-state index is -3.39. The lowest BCUT2D eigenvalue weighted by Crippen LogP contribution is -2.42. The Morgan fingerprint density at radius 1 is 1.33 bits per heavy atom. The van der Waals surface area contributed by atoms with Crippen LogP contribution in [-0.2, 0) is 14.8 Å². The Hall–Kier alpha value is -1.76. The summed E-state index contributed by atoms with van der Waals surface area (Å²) >= 11 is 0. The molecule has 6 nitrogen and oxygen atoms in total. The van der Waals surface area contributed by atoms with Crippen LogP contribution in [0.2, 0.25) is 0 Å². The molecule has 7 heteroatoms. The van der Waals surface area contributed by atoms with Crippen molar-refractivity contribution in [3.05, 3.63) is 18.2 Å². The van der Waals surface area contributed by atoms with E-state index in [9.17, 15) is 13.2 Å². The van der Waals surface area contributed by atoms with Crippen LogP contribution in [0.4, 0.5) is 11.4 Å². The standard InChI is InChI=1S/C17H26N2O4S/c1-12(2)8-9-19-14-10-13(18-24(5,21)22)6-7-15(14)23-11-17(3,4)16(19)20/h6-7,10,12,18H,8-9,11H2,1-5H3. The molecule has 1 aliphatic heterocycles. The van der Waals surface area contributed by atoms with Crippen LogP contribution >= 0.6 is 0 Å². The summed E-state index contributed by atoms with van der Waals surface area (Å²) in [6.07, 6.45) is 1.95. The van der Waals surface area contributed by atoms with Crippen LogP contribution in [0.15, 0.2) is 18.2 Å². The van der Waals surface area contributed by atoms with Crippen molar-refractivity contribution < 1.29 is 17.9 Å². The Kier molecular flexibility index (Phi) is 5.13. The fourth-order valence-corrected chi connectivity index (χ4v) is 3.09. The highest BCUT2D eigenvalue weighted by Gasteiger charge is 2.37. The van der Waals surface area contributed by atoms with E-state index < -0.39 is 15.4 Å². The van der Waals surface area contributed by atoms with E-state index in [0.29, 0.717) is 29.6 Å². The predicted molar refractivity (Wildman–Crippen MR) is 96.0 cm³/mol. The van der Waals surface area contributed by atoms with Gasteiger partial charge < -0.3 is 9.64 Å². The molecule has 0 fully saturated rings. The summed E-state index contributed by atoms with van der Waals surface area (Å²) in [6, 6.07) is 5.01. The molecular formula is C17H26N2O4S. The highest BCUT2D eigenvalue weighted by Crippen LogP contribution is 2.38. The van der Waals surface area contributed by atoms with Gasteiger partial charge in [-0.15, -0.1) is 0 Å². The Bertz CT molecular complexity index is 726. The highest BCUT2D eigenvalue weighted by molar-refractivity contribution is 7.92. The van der Waals surface area contributed by atoms with E-state index in [4.69, 9.17) is 4.74 Å². The van der Waals surface area contributed by atoms with E-state index in [-0.39, 0.29) is 12.5 Å². The fraction of sp³-hybridized carbons (Fsp3) is 0.588. The number of nitrogens with zero attached hydrogens (tertiary/aromatic N) is 1. The Morgan fingerprint density at radius 2 is 2.00 bits per heavy atom. The molecule has 24 heavy (non-hydrogen) atoms. The van der Waals surface area contributed by atoms with Crippen LogP contribution in [0.1, 0.15) is 34.1 Å². The van der Waals surface area contributed by atoms with Gasteiger partial charge in [-0.1, -0.05) is 13.8 Å². The minimum Gasteiger partial charge on any atom is -0.490 e. The van der Waals surface area contributed by atoms with Crippen molar-refractivity contribution in [2.24, 2.45) is 11.3 Å². The molecule has 1 heterocycles. The van der Waals surface area contributed by atoms with Crippen LogP contribution in [0, 0.1) is 11.3 Å². The quantitative estimate of drug-likeness (QED) is 0.882. The highest BCUT2D eigenvalue weighted by atomic mass is 32.2. The first-order chi connectivity index (χ1) is 11.0. The zero-order valence-electron chi connectivity index (χ0n) is 14.9. The van der Waals surface area contributed by atoms with Gasteiger partial charge in [-0.2, -0.15) is 0 Å². The number of nitrogens with one attached hydrogen (secondary N) is 1. The molecule has 0 unspecified atom stereocenters. The maximum Gasteiger partial charge on any atom is 0.236 e. The molecule has 2 rings (SSSR count). The lowest BCUT2D eigenvalue weighted by molar-refractivity contribution is -0.127. The number of anilines is 2. The van der Waals surface area contributed by atoms with Gasteiger partial charge in [0.1, 0.15) is 12.4 Å². The van der Waals surface area contributed by atoms with Gasteiger partial charge in [-0.3, -0.25) is 9.52 Å². The molecule has 0 saturated carbocycles. The topological polar surface area (TPSA) is 75.7 Å². The molecule has 1 aliphatic rings. The number of rotatable bonds is 5. The average Bonchev–Trinajstić information content (AvgIpc) is 2.52. The second-order valence-corrected chi connectivity index (χ2v) is 9.12. The molecule has 0 spiro atoms. The first-order valence-electron chi connectivity index (χ1n) is 8.06. The van der Waals surface area contributed by atoms with Gasteiger partial charge in [0, 0.05) is 6.54 Å². The molecule has 0 aliphatic carbocycles. The van der Waals surface area contributed by atoms with Gasteiger partial charge in [0.2, 0.25) is 15.9 Å². The van der Waals surface area contributed by atoms with Gasteiger partial charge in [-0.25, -0.2) is 8.42 Å². The molecule has 1 amide bonds. The van der Waals surface area contributed by atoms with E-state index in [1.165, 1.54) is 0 Å². The lowest BCUT2D eigenvalue weighted by Gasteiger charge is -2.28. The van der Waals surface area contributed by atoms with Crippen LogP contribution in [0.3, 0.4) is 0 Å². The summed E-state index contributed by atoms with van der Waals surface area (Å²) in [5, 5.41) is 0. The molecule has 0 bridgehead atoms. The summed E-state index contributed by atoms with van der Waals surface area (Å²) in [7, 11) is -3.39. The van der Waals surface area contributed by atoms with Crippen molar-refractivity contribution in [3.8, 4) is 5.75 Å². The van der Waals surface area contributed by atoms with Gasteiger partial charge in [0.25, 0.3) is 0 Å². The van der Waals surface area contributed by atoms with Crippen LogP contribution in [0.25, 0.3) is 0 Å². The molecule has 0 aromatic heterocycles. The molecule has 1 N–H and O–H groups in total. The second kappa shape index (κ2) is 6.63. The number of amides is 1. The number of hydrogen-bond acceptors (Lipinski definition) is 4. The van der Waals surface area contributed by atoms with Gasteiger partial charge in [0.05, 0.1) is 23.0 Å². The monoisotopic (exact) mass is 354 g/mol. The number of sulfonamides is 1. The predicted octanol–water partition coefficient (Wildman–Crippen LogP) is 2.86. The SMILES string of the molecule is CC(C)CCN1C(=O)C(C)(C)COc2ccc(NS(C)(=O)=O)cc21. The van der Waals surface area contributed by atoms with E-state index in [0.717, 1.165) is 12.7 Å². The Morgan fingerprint density at radius 3 is 2.58 bits per heavy atom. The van der Waals surface area contributed by atoms with Crippen molar-refractivity contribution in [3.63, 3.8) is 0 Å². The lowest BCUT2D eigenvalue weighted by atomic mass is 9.92. The molecule has 0 radical (unpaired) electrons. The number of hydrogen-bond donors (Lipinski definition) is 1. The van der Waals surface area contributed by atoms with Crippen molar-refractivity contribution in [2.75, 3.05) is 29.0 Å². The zero-order chi connectivity index (χ0) is 18.1. The van der Waals surface area contributed by atoms with Crippen molar-refractivity contribution >= 4 is 27.3 Å². The van der Waals surface area contributed by atoms with Crippen molar-refractivity contribution in [1.82, 2.24) is 0 Å². The minimum absolute atomic E-state index is 0.0154. The summed E-state index contributed by atoms with van der Waals surface area (Å²) < 4.78 is 31.2. The van der Waals surface area contributed by atoms with E-state index >= 15 is 0 Å². The summed E-state index contributed by atoms with van der Waals surface area (Å²) in [6.45, 7) is 8.78. The molecule has 0 saturated heterocycles. The van der Waals surface area contributed by atoms with E-state index in [1.54, 1.807) is 23.1 Å². The Balaban J connectivity index is 2.45. The maximum absolute atomic E-state index is 12.9. The normalized spacial score (nSPS) is 17.2. The summed E-state index contributed by atoms with van der Waals surface area (Å²) in [5.41, 5.74) is 0.391. The van der Waals surface area contributed by atoms with Crippen molar-refractivity contribution in [2.45, 2.75) is 34.1 Å². The van der Waals surface area contributed by atoms with Crippen molar-refractivity contribution in [1.29, 1.82) is 0 Å². The van der Waals surface area contributed by atoms with Crippen LogP contribution in [-0.4, -0.2) is 33.7 Å². The largest absolute Gasteiger partial charge is 0.490 e. The maximum atomic E-state index is 12.9. The van der Waals surface area contributed by atoms with E-state index in [1.807, 2.05) is 13.8 Å². The summed E-state index contributed by atoms with van der Waals surface area (Å²) in [5.74, 6) is 1.03. The van der Waals surface area contributed by atoms with Crippen LogP contribution < -0.4 is 14.4 Å². The smallest absolute Gasteiger partial charge is 0.236 e. The number of carbonyl (C=O) groups excluding carboxylic acids is 1. The first kappa shape index (κ1) is 18.6. The van der Waals surface area contributed by atoms with Crippen LogP contribution in [0.5, 0.6) is 5.75 Å². The average molecular weight is 354 g/mol. The zero-order valence-corrected chi connectivity index (χ0v) is 15.7. The number of carbonyl (C=O) groups is 1. The van der Waals surface area contributed by atoms with Gasteiger partial charge in [0.15, 0.2) is 0 Å². The van der Waals surface area contributed by atoms with Gasteiger partial charge >= 0.3 is 0 Å². The molecule has 0 atom stereocenters. The third-order valence-electron chi connectivity index (χ3n) is 3.90. The third kappa shape index (κ3) is 4.41. The summed E-state index contributed by atoms with van der Waals surface area (Å²) in [4.78, 5) is 14.7. The molecular weight excluding hydrogens is 328 g/mol. The van der Waals surface area contributed by atoms with Gasteiger partial charge in [-0.05, 0) is 44.4 Å². The molecule has 1 aromatic rings. The Labute approximate surface area is 144 Å². The second-order valence-electron chi connectivity index (χ2n) is 7.37. The number of ether oxygens (including phenoxy) is 1. The number of benzene rings is 1. The number of fused-ring (bicyclic) bond motifs is 1. The molecule has 1 aromatic carbocycles. The van der Waals surface area contributed by atoms with E-state index in [2.05, 4.69) is 18.6 Å².